The van der Waals surface area contributed by atoms with Gasteiger partial charge in [0.15, 0.2) is 0 Å². The van der Waals surface area contributed by atoms with Crippen LogP contribution in [-0.4, -0.2) is 39.4 Å². The van der Waals surface area contributed by atoms with Crippen molar-refractivity contribution in [3.63, 3.8) is 0 Å². The molecule has 1 heterocycles. The third kappa shape index (κ3) is 5.40. The molecule has 1 aromatic heterocycles. The van der Waals surface area contributed by atoms with Crippen molar-refractivity contribution in [3.8, 4) is 6.07 Å². The molecule has 0 saturated heterocycles. The van der Waals surface area contributed by atoms with Gasteiger partial charge >= 0.3 is 0 Å². The Bertz CT molecular complexity index is 915. The van der Waals surface area contributed by atoms with Crippen LogP contribution in [0.3, 0.4) is 0 Å². The summed E-state index contributed by atoms with van der Waals surface area (Å²) in [5.74, 6) is 0.306. The number of rotatable bonds is 9. The molecule has 0 saturated carbocycles. The predicted octanol–water partition coefficient (Wildman–Crippen LogP) is 2.58. The summed E-state index contributed by atoms with van der Waals surface area (Å²) in [6.45, 7) is 8.82. The smallest absolute Gasteiger partial charge is 0.258 e. The molecule has 0 aliphatic rings. The molecule has 28 heavy (non-hydrogen) atoms. The van der Waals surface area contributed by atoms with Crippen molar-refractivity contribution in [1.29, 1.82) is 5.26 Å². The summed E-state index contributed by atoms with van der Waals surface area (Å²) in [6, 6.07) is 9.38. The highest BCUT2D eigenvalue weighted by atomic mass is 16.2. The minimum atomic E-state index is -0.914. The first kappa shape index (κ1) is 21.6. The second-order valence-corrected chi connectivity index (χ2v) is 7.61. The zero-order valence-electron chi connectivity index (χ0n) is 17.1. The largest absolute Gasteiger partial charge is 0.337 e. The summed E-state index contributed by atoms with van der Waals surface area (Å²) in [6.07, 6.45) is 1.91. The average molecular weight is 383 g/mol. The summed E-state index contributed by atoms with van der Waals surface area (Å²) < 4.78 is 0. The number of nitrogens with one attached hydrogen (secondary N) is 2. The molecule has 2 N–H and O–H groups in total. The van der Waals surface area contributed by atoms with Crippen molar-refractivity contribution in [2.75, 3.05) is 13.1 Å². The van der Waals surface area contributed by atoms with Gasteiger partial charge in [-0.05, 0) is 37.9 Å². The summed E-state index contributed by atoms with van der Waals surface area (Å²) in [4.78, 5) is 34.2. The van der Waals surface area contributed by atoms with Crippen molar-refractivity contribution in [2.45, 2.75) is 52.6 Å². The zero-order valence-corrected chi connectivity index (χ0v) is 17.1. The van der Waals surface area contributed by atoms with Gasteiger partial charge in [0.1, 0.15) is 11.4 Å². The van der Waals surface area contributed by atoms with Gasteiger partial charge in [-0.3, -0.25) is 14.5 Å². The number of aromatic nitrogens is 2. The third-order valence-electron chi connectivity index (χ3n) is 5.02. The van der Waals surface area contributed by atoms with Crippen molar-refractivity contribution < 1.29 is 4.79 Å². The van der Waals surface area contributed by atoms with E-state index >= 15 is 0 Å². The molecule has 0 bridgehead atoms. The number of amides is 1. The highest BCUT2D eigenvalue weighted by molar-refractivity contribution is 5.79. The van der Waals surface area contributed by atoms with E-state index in [4.69, 9.17) is 0 Å². The number of para-hydroxylation sites is 1. The fourth-order valence-corrected chi connectivity index (χ4v) is 2.85. The SMILES string of the molecule is CCCCN(CC(=O)N[C@](C)(C#N)C(C)C)Cc1nc2ccccc2c(=O)[nH]1. The topological polar surface area (TPSA) is 102 Å². The summed E-state index contributed by atoms with van der Waals surface area (Å²) in [7, 11) is 0. The van der Waals surface area contributed by atoms with Crippen LogP contribution in [0.2, 0.25) is 0 Å². The van der Waals surface area contributed by atoms with Gasteiger partial charge in [0.2, 0.25) is 5.91 Å². The van der Waals surface area contributed by atoms with Crippen LogP contribution in [0.25, 0.3) is 10.9 Å². The van der Waals surface area contributed by atoms with Crippen molar-refractivity contribution in [3.05, 3.63) is 40.4 Å². The Hall–Kier alpha value is -2.72. The van der Waals surface area contributed by atoms with E-state index < -0.39 is 5.54 Å². The van der Waals surface area contributed by atoms with Crippen LogP contribution in [0, 0.1) is 17.2 Å². The van der Waals surface area contributed by atoms with Gasteiger partial charge < -0.3 is 10.3 Å². The number of hydrogen-bond donors (Lipinski definition) is 2. The molecule has 2 rings (SSSR count). The normalized spacial score (nSPS) is 13.5. The van der Waals surface area contributed by atoms with Crippen LogP contribution in [0.15, 0.2) is 29.1 Å². The van der Waals surface area contributed by atoms with E-state index in [1.165, 1.54) is 0 Å². The van der Waals surface area contributed by atoms with Crippen LogP contribution in [-0.2, 0) is 11.3 Å². The van der Waals surface area contributed by atoms with Crippen molar-refractivity contribution in [2.24, 2.45) is 5.92 Å². The fraction of sp³-hybridized carbons (Fsp3) is 0.524. The number of fused-ring (bicyclic) bond motifs is 1. The summed E-state index contributed by atoms with van der Waals surface area (Å²) >= 11 is 0. The maximum absolute atomic E-state index is 12.6. The number of unbranched alkanes of at least 4 members (excludes halogenated alkanes) is 1. The zero-order chi connectivity index (χ0) is 20.7. The molecular weight excluding hydrogens is 354 g/mol. The lowest BCUT2D eigenvalue weighted by Crippen LogP contribution is -2.51. The molecule has 7 heteroatoms. The average Bonchev–Trinajstić information content (AvgIpc) is 2.65. The quantitative estimate of drug-likeness (QED) is 0.693. The number of nitrogens with zero attached hydrogens (tertiary/aromatic N) is 3. The van der Waals surface area contributed by atoms with E-state index in [0.717, 1.165) is 12.8 Å². The highest BCUT2D eigenvalue weighted by Crippen LogP contribution is 2.15. The molecular formula is C21H29N5O2. The molecule has 150 valence electrons. The monoisotopic (exact) mass is 383 g/mol. The Balaban J connectivity index is 2.17. The lowest BCUT2D eigenvalue weighted by molar-refractivity contribution is -0.124. The van der Waals surface area contributed by atoms with Crippen LogP contribution in [0.4, 0.5) is 0 Å². The second kappa shape index (κ2) is 9.47. The summed E-state index contributed by atoms with van der Waals surface area (Å²) in [5, 5.41) is 12.8. The molecule has 0 unspecified atom stereocenters. The van der Waals surface area contributed by atoms with E-state index in [1.807, 2.05) is 24.8 Å². The molecule has 1 aromatic carbocycles. The van der Waals surface area contributed by atoms with Crippen LogP contribution < -0.4 is 10.9 Å². The standard InChI is InChI=1S/C21H29N5O2/c1-5-6-11-26(13-19(27)25-21(4,14-22)15(2)3)12-18-23-17-10-8-7-9-16(17)20(28)24-18/h7-10,15H,5-6,11-13H2,1-4H3,(H,25,27)(H,23,24,28)/t21-/m1/s1. The number of H-pyrrole nitrogens is 1. The Morgan fingerprint density at radius 2 is 2.11 bits per heavy atom. The molecule has 0 radical (unpaired) electrons. The van der Waals surface area contributed by atoms with Gasteiger partial charge in [-0.25, -0.2) is 4.98 Å². The van der Waals surface area contributed by atoms with E-state index in [1.54, 1.807) is 25.1 Å². The Morgan fingerprint density at radius 3 is 2.75 bits per heavy atom. The minimum Gasteiger partial charge on any atom is -0.337 e. The number of carbonyl (C=O) groups is 1. The maximum Gasteiger partial charge on any atom is 0.258 e. The van der Waals surface area contributed by atoms with Gasteiger partial charge in [0.25, 0.3) is 5.56 Å². The second-order valence-electron chi connectivity index (χ2n) is 7.61. The summed E-state index contributed by atoms with van der Waals surface area (Å²) in [5.41, 5.74) is -0.460. The molecule has 0 aliphatic carbocycles. The van der Waals surface area contributed by atoms with Crippen LogP contribution in [0.5, 0.6) is 0 Å². The lowest BCUT2D eigenvalue weighted by Gasteiger charge is -2.29. The Morgan fingerprint density at radius 1 is 1.39 bits per heavy atom. The molecule has 1 amide bonds. The first-order chi connectivity index (χ1) is 13.3. The first-order valence-corrected chi connectivity index (χ1v) is 9.71. The number of aromatic amines is 1. The molecule has 0 spiro atoms. The van der Waals surface area contributed by atoms with Crippen LogP contribution in [0.1, 0.15) is 46.4 Å². The van der Waals surface area contributed by atoms with E-state index in [2.05, 4.69) is 28.3 Å². The van der Waals surface area contributed by atoms with E-state index in [0.29, 0.717) is 29.8 Å². The molecule has 1 atom stereocenters. The maximum atomic E-state index is 12.6. The molecule has 2 aromatic rings. The van der Waals surface area contributed by atoms with E-state index in [9.17, 15) is 14.9 Å². The van der Waals surface area contributed by atoms with Crippen LogP contribution >= 0.6 is 0 Å². The van der Waals surface area contributed by atoms with Gasteiger partial charge in [-0.1, -0.05) is 39.3 Å². The number of hydrogen-bond acceptors (Lipinski definition) is 5. The Labute approximate surface area is 165 Å². The number of nitriles is 1. The van der Waals surface area contributed by atoms with Gasteiger partial charge in [0.05, 0.1) is 30.1 Å². The Kier molecular flexibility index (Phi) is 7.30. The third-order valence-corrected chi connectivity index (χ3v) is 5.02. The van der Waals surface area contributed by atoms with Crippen molar-refractivity contribution in [1.82, 2.24) is 20.2 Å². The van der Waals surface area contributed by atoms with Crippen molar-refractivity contribution >= 4 is 16.8 Å². The predicted molar refractivity (Wildman–Crippen MR) is 110 cm³/mol. The number of benzene rings is 1. The first-order valence-electron chi connectivity index (χ1n) is 9.71. The minimum absolute atomic E-state index is 0.0101. The molecule has 7 nitrogen and oxygen atoms in total. The molecule has 0 fully saturated rings. The van der Waals surface area contributed by atoms with E-state index in [-0.39, 0.29) is 23.9 Å². The fourth-order valence-electron chi connectivity index (χ4n) is 2.85. The number of carbonyl (C=O) groups excluding carboxylic acids is 1. The lowest BCUT2D eigenvalue weighted by atomic mass is 9.90. The van der Waals surface area contributed by atoms with Gasteiger partial charge in [-0.2, -0.15) is 5.26 Å². The molecule has 0 aliphatic heterocycles. The van der Waals surface area contributed by atoms with Gasteiger partial charge in [0, 0.05) is 0 Å². The van der Waals surface area contributed by atoms with Gasteiger partial charge in [-0.15, -0.1) is 0 Å². The highest BCUT2D eigenvalue weighted by Gasteiger charge is 2.30.